The highest BCUT2D eigenvalue weighted by Crippen LogP contribution is 2.28. The van der Waals surface area contributed by atoms with Crippen LogP contribution in [0.25, 0.3) is 11.3 Å². The number of ether oxygens (including phenoxy) is 1. The number of nitrogens with zero attached hydrogens (tertiary/aromatic N) is 1. The van der Waals surface area contributed by atoms with Gasteiger partial charge in [-0.1, -0.05) is 17.7 Å². The van der Waals surface area contributed by atoms with Crippen LogP contribution in [0.1, 0.15) is 17.3 Å². The summed E-state index contributed by atoms with van der Waals surface area (Å²) in [6, 6.07) is 14.5. The van der Waals surface area contributed by atoms with Gasteiger partial charge in [0.25, 0.3) is 5.91 Å². The number of rotatable bonds is 5. The summed E-state index contributed by atoms with van der Waals surface area (Å²) in [4.78, 5) is 16.5. The van der Waals surface area contributed by atoms with Gasteiger partial charge in [0.2, 0.25) is 0 Å². The van der Waals surface area contributed by atoms with Crippen molar-refractivity contribution in [1.29, 1.82) is 0 Å². The van der Waals surface area contributed by atoms with E-state index in [2.05, 4.69) is 10.3 Å². The lowest BCUT2D eigenvalue weighted by Gasteiger charge is -2.09. The SMILES string of the molecule is CCOc1cccc(NC(=O)c2ccc(-c3ncccc3Cl)c(F)c2)c1. The molecule has 0 radical (unpaired) electrons. The zero-order valence-corrected chi connectivity index (χ0v) is 14.8. The molecule has 1 amide bonds. The van der Waals surface area contributed by atoms with E-state index in [0.717, 1.165) is 0 Å². The largest absolute Gasteiger partial charge is 0.494 e. The molecule has 0 aliphatic rings. The highest BCUT2D eigenvalue weighted by Gasteiger charge is 2.14. The number of pyridine rings is 1. The number of aromatic nitrogens is 1. The molecule has 1 aromatic heterocycles. The van der Waals surface area contributed by atoms with Gasteiger partial charge >= 0.3 is 0 Å². The van der Waals surface area contributed by atoms with Crippen LogP contribution >= 0.6 is 11.6 Å². The number of hydrogen-bond acceptors (Lipinski definition) is 3. The van der Waals surface area contributed by atoms with E-state index in [1.54, 1.807) is 36.4 Å². The van der Waals surface area contributed by atoms with E-state index in [1.807, 2.05) is 6.92 Å². The van der Waals surface area contributed by atoms with Gasteiger partial charge in [-0.15, -0.1) is 0 Å². The fourth-order valence-corrected chi connectivity index (χ4v) is 2.69. The summed E-state index contributed by atoms with van der Waals surface area (Å²) in [6.45, 7) is 2.41. The molecule has 0 unspecified atom stereocenters. The molecule has 0 fully saturated rings. The van der Waals surface area contributed by atoms with Crippen molar-refractivity contribution in [2.45, 2.75) is 6.92 Å². The molecule has 1 heterocycles. The molecule has 0 spiro atoms. The van der Waals surface area contributed by atoms with Crippen molar-refractivity contribution in [3.63, 3.8) is 0 Å². The molecule has 3 rings (SSSR count). The molecule has 6 heteroatoms. The Morgan fingerprint density at radius 2 is 2.04 bits per heavy atom. The Balaban J connectivity index is 1.82. The predicted molar refractivity (Wildman–Crippen MR) is 100 cm³/mol. The second-order valence-corrected chi connectivity index (χ2v) is 5.85. The van der Waals surface area contributed by atoms with E-state index in [9.17, 15) is 9.18 Å². The molecule has 3 aromatic rings. The third-order valence-electron chi connectivity index (χ3n) is 3.65. The van der Waals surface area contributed by atoms with Crippen LogP contribution in [0.3, 0.4) is 0 Å². The van der Waals surface area contributed by atoms with Crippen molar-refractivity contribution in [3.8, 4) is 17.0 Å². The second kappa shape index (κ2) is 7.97. The molecule has 132 valence electrons. The first-order chi connectivity index (χ1) is 12.6. The minimum absolute atomic E-state index is 0.195. The van der Waals surface area contributed by atoms with Gasteiger partial charge in [0, 0.05) is 29.1 Å². The van der Waals surface area contributed by atoms with E-state index in [4.69, 9.17) is 16.3 Å². The molecule has 2 aromatic carbocycles. The molecular formula is C20H16ClFN2O2. The molecular weight excluding hydrogens is 355 g/mol. The molecule has 0 aliphatic heterocycles. The maximum Gasteiger partial charge on any atom is 0.255 e. The van der Waals surface area contributed by atoms with E-state index in [-0.39, 0.29) is 11.1 Å². The Hall–Kier alpha value is -2.92. The number of nitrogens with one attached hydrogen (secondary N) is 1. The highest BCUT2D eigenvalue weighted by atomic mass is 35.5. The number of hydrogen-bond donors (Lipinski definition) is 1. The van der Waals surface area contributed by atoms with Crippen molar-refractivity contribution in [2.24, 2.45) is 0 Å². The zero-order chi connectivity index (χ0) is 18.5. The summed E-state index contributed by atoms with van der Waals surface area (Å²) in [6.07, 6.45) is 1.53. The Morgan fingerprint density at radius 1 is 1.19 bits per heavy atom. The van der Waals surface area contributed by atoms with Crippen molar-refractivity contribution in [1.82, 2.24) is 4.98 Å². The minimum Gasteiger partial charge on any atom is -0.494 e. The molecule has 0 atom stereocenters. The fourth-order valence-electron chi connectivity index (χ4n) is 2.47. The van der Waals surface area contributed by atoms with Gasteiger partial charge in [0.05, 0.1) is 17.3 Å². The number of halogens is 2. The molecule has 0 bridgehead atoms. The van der Waals surface area contributed by atoms with Crippen LogP contribution in [0.15, 0.2) is 60.8 Å². The average Bonchev–Trinajstić information content (AvgIpc) is 2.63. The quantitative estimate of drug-likeness (QED) is 0.672. The third-order valence-corrected chi connectivity index (χ3v) is 3.95. The monoisotopic (exact) mass is 370 g/mol. The van der Waals surface area contributed by atoms with Crippen LogP contribution in [0, 0.1) is 5.82 Å². The molecule has 4 nitrogen and oxygen atoms in total. The molecule has 0 aliphatic carbocycles. The van der Waals surface area contributed by atoms with Gasteiger partial charge < -0.3 is 10.1 Å². The number of anilines is 1. The predicted octanol–water partition coefficient (Wildman–Crippen LogP) is 5.19. The van der Waals surface area contributed by atoms with Gasteiger partial charge in [0.15, 0.2) is 0 Å². The lowest BCUT2D eigenvalue weighted by atomic mass is 10.1. The van der Waals surface area contributed by atoms with E-state index < -0.39 is 11.7 Å². The Labute approximate surface area is 155 Å². The van der Waals surface area contributed by atoms with Crippen LogP contribution in [0.2, 0.25) is 5.02 Å². The van der Waals surface area contributed by atoms with Crippen molar-refractivity contribution < 1.29 is 13.9 Å². The Kier molecular flexibility index (Phi) is 5.49. The molecule has 0 saturated carbocycles. The zero-order valence-electron chi connectivity index (χ0n) is 14.0. The lowest BCUT2D eigenvalue weighted by molar-refractivity contribution is 0.102. The van der Waals surface area contributed by atoms with Gasteiger partial charge in [-0.3, -0.25) is 9.78 Å². The average molecular weight is 371 g/mol. The summed E-state index contributed by atoms with van der Waals surface area (Å²) in [5, 5.41) is 3.07. The molecule has 0 saturated heterocycles. The van der Waals surface area contributed by atoms with Crippen LogP contribution in [-0.4, -0.2) is 17.5 Å². The van der Waals surface area contributed by atoms with Gasteiger partial charge in [0.1, 0.15) is 11.6 Å². The summed E-state index contributed by atoms with van der Waals surface area (Å²) in [5.41, 5.74) is 1.34. The fraction of sp³-hybridized carbons (Fsp3) is 0.100. The second-order valence-electron chi connectivity index (χ2n) is 5.44. The third kappa shape index (κ3) is 4.00. The summed E-state index contributed by atoms with van der Waals surface area (Å²) >= 11 is 6.06. The smallest absolute Gasteiger partial charge is 0.255 e. The van der Waals surface area contributed by atoms with E-state index in [1.165, 1.54) is 24.4 Å². The van der Waals surface area contributed by atoms with Gasteiger partial charge in [-0.2, -0.15) is 0 Å². The van der Waals surface area contributed by atoms with Gasteiger partial charge in [-0.05, 0) is 49.4 Å². The number of amides is 1. The Morgan fingerprint density at radius 3 is 2.77 bits per heavy atom. The van der Waals surface area contributed by atoms with Crippen LogP contribution in [-0.2, 0) is 0 Å². The van der Waals surface area contributed by atoms with Gasteiger partial charge in [-0.25, -0.2) is 4.39 Å². The van der Waals surface area contributed by atoms with Crippen molar-refractivity contribution in [3.05, 3.63) is 77.2 Å². The standard InChI is InChI=1S/C20H16ClFN2O2/c1-2-26-15-6-3-5-14(12-15)24-20(25)13-8-9-16(18(22)11-13)19-17(21)7-4-10-23-19/h3-12H,2H2,1H3,(H,24,25). The number of carbonyl (C=O) groups is 1. The lowest BCUT2D eigenvalue weighted by Crippen LogP contribution is -2.12. The minimum atomic E-state index is -0.568. The first-order valence-corrected chi connectivity index (χ1v) is 8.41. The normalized spacial score (nSPS) is 10.4. The summed E-state index contributed by atoms with van der Waals surface area (Å²) < 4.78 is 19.9. The maximum atomic E-state index is 14.5. The van der Waals surface area contributed by atoms with Crippen LogP contribution < -0.4 is 10.1 Å². The van der Waals surface area contributed by atoms with Crippen LogP contribution in [0.5, 0.6) is 5.75 Å². The van der Waals surface area contributed by atoms with Crippen molar-refractivity contribution in [2.75, 3.05) is 11.9 Å². The van der Waals surface area contributed by atoms with E-state index >= 15 is 0 Å². The molecule has 26 heavy (non-hydrogen) atoms. The maximum absolute atomic E-state index is 14.5. The number of benzene rings is 2. The topological polar surface area (TPSA) is 51.2 Å². The van der Waals surface area contributed by atoms with Crippen molar-refractivity contribution >= 4 is 23.2 Å². The van der Waals surface area contributed by atoms with Crippen LogP contribution in [0.4, 0.5) is 10.1 Å². The van der Waals surface area contributed by atoms with E-state index in [0.29, 0.717) is 28.8 Å². The summed E-state index contributed by atoms with van der Waals surface area (Å²) in [7, 11) is 0. The first kappa shape index (κ1) is 17.9. The highest BCUT2D eigenvalue weighted by molar-refractivity contribution is 6.33. The first-order valence-electron chi connectivity index (χ1n) is 8.03. The number of carbonyl (C=O) groups excluding carboxylic acids is 1. The summed E-state index contributed by atoms with van der Waals surface area (Å²) in [5.74, 6) is -0.339. The molecule has 1 N–H and O–H groups in total. The Bertz CT molecular complexity index is 947.